The third kappa shape index (κ3) is 4.51. The van der Waals surface area contributed by atoms with Crippen molar-refractivity contribution in [3.8, 4) is 5.75 Å². The van der Waals surface area contributed by atoms with E-state index < -0.39 is 0 Å². The van der Waals surface area contributed by atoms with E-state index in [1.807, 2.05) is 12.1 Å². The van der Waals surface area contributed by atoms with Crippen molar-refractivity contribution in [2.45, 2.75) is 25.3 Å². The van der Waals surface area contributed by atoms with E-state index in [4.69, 9.17) is 15.2 Å². The molecular weight excluding hydrogens is 266 g/mol. The summed E-state index contributed by atoms with van der Waals surface area (Å²) in [7, 11) is 3.41. The molecule has 0 saturated carbocycles. The van der Waals surface area contributed by atoms with Gasteiger partial charge in [0, 0.05) is 44.6 Å². The largest absolute Gasteiger partial charge is 0.495 e. The Morgan fingerprint density at radius 1 is 1.29 bits per heavy atom. The second kappa shape index (κ2) is 8.10. The number of methoxy groups -OCH3 is 2. The Labute approximate surface area is 127 Å². The van der Waals surface area contributed by atoms with Crippen LogP contribution >= 0.6 is 0 Å². The minimum atomic E-state index is 0.619. The topological polar surface area (TPSA) is 59.8 Å². The molecule has 21 heavy (non-hydrogen) atoms. The molecule has 3 N–H and O–H groups in total. The molecule has 1 aromatic carbocycles. The first-order chi connectivity index (χ1) is 10.2. The number of nitrogen functional groups attached to an aromatic ring is 1. The monoisotopic (exact) mass is 293 g/mol. The number of anilines is 2. The van der Waals surface area contributed by atoms with Crippen LogP contribution in [0.3, 0.4) is 0 Å². The Balaban J connectivity index is 1.81. The summed E-state index contributed by atoms with van der Waals surface area (Å²) in [5, 5.41) is 3.61. The van der Waals surface area contributed by atoms with Crippen molar-refractivity contribution in [2.75, 3.05) is 51.1 Å². The molecule has 0 bridgehead atoms. The van der Waals surface area contributed by atoms with Gasteiger partial charge in [0.2, 0.25) is 0 Å². The lowest BCUT2D eigenvalue weighted by atomic mass is 10.0. The fourth-order valence-corrected chi connectivity index (χ4v) is 2.76. The van der Waals surface area contributed by atoms with Crippen LogP contribution in [0, 0.1) is 0 Å². The van der Waals surface area contributed by atoms with Gasteiger partial charge >= 0.3 is 0 Å². The van der Waals surface area contributed by atoms with Gasteiger partial charge in [-0.1, -0.05) is 0 Å². The minimum absolute atomic E-state index is 0.619. The van der Waals surface area contributed by atoms with Crippen LogP contribution < -0.4 is 20.7 Å². The summed E-state index contributed by atoms with van der Waals surface area (Å²) in [5.41, 5.74) is 7.75. The van der Waals surface area contributed by atoms with Gasteiger partial charge < -0.3 is 25.4 Å². The van der Waals surface area contributed by atoms with Crippen molar-refractivity contribution in [3.05, 3.63) is 18.2 Å². The molecule has 0 radical (unpaired) electrons. The molecule has 0 aromatic heterocycles. The Bertz CT molecular complexity index is 432. The maximum atomic E-state index is 5.87. The molecule has 118 valence electrons. The average Bonchev–Trinajstić information content (AvgIpc) is 2.53. The Morgan fingerprint density at radius 3 is 2.71 bits per heavy atom. The van der Waals surface area contributed by atoms with Crippen LogP contribution in [0.15, 0.2) is 18.2 Å². The Morgan fingerprint density at radius 2 is 2.05 bits per heavy atom. The van der Waals surface area contributed by atoms with Crippen molar-refractivity contribution in [1.29, 1.82) is 0 Å². The van der Waals surface area contributed by atoms with Crippen LogP contribution in [0.1, 0.15) is 19.3 Å². The standard InChI is InChI=1S/C16H27N3O2/c1-20-11-3-8-18-13-6-9-19(10-7-13)14-4-5-15(17)16(12-14)21-2/h4-5,12-13,18H,3,6-11,17H2,1-2H3. The second-order valence-corrected chi connectivity index (χ2v) is 5.49. The van der Waals surface area contributed by atoms with Gasteiger partial charge in [0.1, 0.15) is 5.75 Å². The summed E-state index contributed by atoms with van der Waals surface area (Å²) in [4.78, 5) is 2.40. The fraction of sp³-hybridized carbons (Fsp3) is 0.625. The number of rotatable bonds is 7. The zero-order chi connectivity index (χ0) is 15.1. The normalized spacial score (nSPS) is 16.2. The highest BCUT2D eigenvalue weighted by atomic mass is 16.5. The molecule has 1 aliphatic rings. The quantitative estimate of drug-likeness (QED) is 0.594. The molecule has 1 fully saturated rings. The van der Waals surface area contributed by atoms with Gasteiger partial charge in [0.25, 0.3) is 0 Å². The second-order valence-electron chi connectivity index (χ2n) is 5.49. The van der Waals surface area contributed by atoms with Crippen LogP contribution in [-0.2, 0) is 4.74 Å². The highest BCUT2D eigenvalue weighted by molar-refractivity contribution is 5.62. The lowest BCUT2D eigenvalue weighted by Crippen LogP contribution is -2.43. The summed E-state index contributed by atoms with van der Waals surface area (Å²) < 4.78 is 10.4. The first-order valence-electron chi connectivity index (χ1n) is 7.65. The van der Waals surface area contributed by atoms with Gasteiger partial charge in [-0.15, -0.1) is 0 Å². The molecule has 1 saturated heterocycles. The van der Waals surface area contributed by atoms with Gasteiger partial charge in [-0.05, 0) is 37.9 Å². The number of piperidine rings is 1. The van der Waals surface area contributed by atoms with Gasteiger partial charge in [0.15, 0.2) is 0 Å². The molecule has 2 rings (SSSR count). The third-order valence-electron chi connectivity index (χ3n) is 4.04. The number of hydrogen-bond donors (Lipinski definition) is 2. The highest BCUT2D eigenvalue weighted by Gasteiger charge is 2.19. The van der Waals surface area contributed by atoms with E-state index in [1.54, 1.807) is 14.2 Å². The summed E-state index contributed by atoms with van der Waals surface area (Å²) >= 11 is 0. The lowest BCUT2D eigenvalue weighted by molar-refractivity contribution is 0.192. The minimum Gasteiger partial charge on any atom is -0.495 e. The van der Waals surface area contributed by atoms with Crippen molar-refractivity contribution in [2.24, 2.45) is 0 Å². The van der Waals surface area contributed by atoms with Gasteiger partial charge in [-0.2, -0.15) is 0 Å². The molecule has 0 amide bonds. The number of nitrogens with two attached hydrogens (primary N) is 1. The molecule has 0 atom stereocenters. The fourth-order valence-electron chi connectivity index (χ4n) is 2.76. The van der Waals surface area contributed by atoms with E-state index in [9.17, 15) is 0 Å². The average molecular weight is 293 g/mol. The molecule has 0 unspecified atom stereocenters. The molecule has 0 spiro atoms. The number of nitrogens with zero attached hydrogens (tertiary/aromatic N) is 1. The molecule has 1 aromatic rings. The van der Waals surface area contributed by atoms with Crippen LogP contribution in [0.2, 0.25) is 0 Å². The van der Waals surface area contributed by atoms with Crippen molar-refractivity contribution in [3.63, 3.8) is 0 Å². The molecule has 0 aliphatic carbocycles. The van der Waals surface area contributed by atoms with E-state index in [-0.39, 0.29) is 0 Å². The van der Waals surface area contributed by atoms with Gasteiger partial charge in [-0.3, -0.25) is 0 Å². The van der Waals surface area contributed by atoms with E-state index in [0.29, 0.717) is 11.7 Å². The predicted molar refractivity (Wildman–Crippen MR) is 87.1 cm³/mol. The number of nitrogens with one attached hydrogen (secondary N) is 1. The van der Waals surface area contributed by atoms with Crippen LogP contribution in [0.25, 0.3) is 0 Å². The van der Waals surface area contributed by atoms with E-state index in [1.165, 1.54) is 18.5 Å². The number of benzene rings is 1. The van der Waals surface area contributed by atoms with E-state index >= 15 is 0 Å². The molecule has 1 aliphatic heterocycles. The van der Waals surface area contributed by atoms with Crippen LogP contribution in [-0.4, -0.2) is 46.5 Å². The Kier molecular flexibility index (Phi) is 6.14. The molecule has 5 heteroatoms. The van der Waals surface area contributed by atoms with Crippen LogP contribution in [0.5, 0.6) is 5.75 Å². The van der Waals surface area contributed by atoms with Crippen molar-refractivity contribution >= 4 is 11.4 Å². The highest BCUT2D eigenvalue weighted by Crippen LogP contribution is 2.29. The maximum absolute atomic E-state index is 5.87. The summed E-state index contributed by atoms with van der Waals surface area (Å²) in [6, 6.07) is 6.64. The van der Waals surface area contributed by atoms with Crippen molar-refractivity contribution < 1.29 is 9.47 Å². The smallest absolute Gasteiger partial charge is 0.143 e. The lowest BCUT2D eigenvalue weighted by Gasteiger charge is -2.34. The number of hydrogen-bond acceptors (Lipinski definition) is 5. The zero-order valence-electron chi connectivity index (χ0n) is 13.1. The Hall–Kier alpha value is -1.46. The molecule has 1 heterocycles. The molecule has 5 nitrogen and oxygen atoms in total. The predicted octanol–water partition coefficient (Wildman–Crippen LogP) is 1.87. The molecular formula is C16H27N3O2. The van der Waals surface area contributed by atoms with E-state index in [2.05, 4.69) is 16.3 Å². The van der Waals surface area contributed by atoms with Crippen molar-refractivity contribution in [1.82, 2.24) is 5.32 Å². The summed E-state index contributed by atoms with van der Waals surface area (Å²) in [6.45, 7) is 4.00. The van der Waals surface area contributed by atoms with E-state index in [0.717, 1.165) is 38.4 Å². The van der Waals surface area contributed by atoms with Gasteiger partial charge in [0.05, 0.1) is 12.8 Å². The third-order valence-corrected chi connectivity index (χ3v) is 4.04. The SMILES string of the molecule is COCCCNC1CCN(c2ccc(N)c(OC)c2)CC1. The number of ether oxygens (including phenoxy) is 2. The zero-order valence-corrected chi connectivity index (χ0v) is 13.1. The van der Waals surface area contributed by atoms with Gasteiger partial charge in [-0.25, -0.2) is 0 Å². The van der Waals surface area contributed by atoms with Crippen LogP contribution in [0.4, 0.5) is 11.4 Å². The first-order valence-corrected chi connectivity index (χ1v) is 7.65. The first kappa shape index (κ1) is 15.9. The maximum Gasteiger partial charge on any atom is 0.143 e. The summed E-state index contributed by atoms with van der Waals surface area (Å²) in [5.74, 6) is 0.757. The summed E-state index contributed by atoms with van der Waals surface area (Å²) in [6.07, 6.45) is 3.41.